The number of aromatic nitrogens is 3. The Morgan fingerprint density at radius 3 is 2.83 bits per heavy atom. The smallest absolute Gasteiger partial charge is 0.216 e. The molecule has 0 aliphatic rings. The van der Waals surface area contributed by atoms with E-state index in [9.17, 15) is 0 Å². The van der Waals surface area contributed by atoms with Crippen LogP contribution in [0.25, 0.3) is 11.4 Å². The van der Waals surface area contributed by atoms with Crippen LogP contribution in [0, 0.1) is 16.1 Å². The van der Waals surface area contributed by atoms with Crippen molar-refractivity contribution in [2.75, 3.05) is 25.1 Å². The van der Waals surface area contributed by atoms with Gasteiger partial charge in [-0.25, -0.2) is 5.10 Å². The number of hydrogen-bond acceptors (Lipinski definition) is 6. The van der Waals surface area contributed by atoms with Gasteiger partial charge in [0, 0.05) is 24.8 Å². The van der Waals surface area contributed by atoms with Crippen molar-refractivity contribution in [2.24, 2.45) is 5.10 Å². The highest BCUT2D eigenvalue weighted by atomic mass is 32.1. The number of H-pyrrole nitrogens is 1. The van der Waals surface area contributed by atoms with E-state index in [-0.39, 0.29) is 0 Å². The molecule has 0 spiro atoms. The number of nitrogens with one attached hydrogen (secondary N) is 1. The Kier molecular flexibility index (Phi) is 6.76. The predicted octanol–water partition coefficient (Wildman–Crippen LogP) is 4.24. The van der Waals surface area contributed by atoms with Crippen LogP contribution in [0.1, 0.15) is 18.9 Å². The Hall–Kier alpha value is -3.44. The van der Waals surface area contributed by atoms with Crippen LogP contribution in [0.4, 0.5) is 5.69 Å². The van der Waals surface area contributed by atoms with Gasteiger partial charge in [-0.1, -0.05) is 24.3 Å². The Balaban J connectivity index is 1.81. The summed E-state index contributed by atoms with van der Waals surface area (Å²) >= 11 is 5.33. The van der Waals surface area contributed by atoms with Crippen molar-refractivity contribution in [1.29, 1.82) is 5.26 Å². The van der Waals surface area contributed by atoms with Gasteiger partial charge < -0.3 is 9.64 Å². The van der Waals surface area contributed by atoms with Gasteiger partial charge in [0.1, 0.15) is 5.75 Å². The highest BCUT2D eigenvalue weighted by Crippen LogP contribution is 2.22. The van der Waals surface area contributed by atoms with Gasteiger partial charge in [0.15, 0.2) is 5.82 Å². The van der Waals surface area contributed by atoms with Crippen LogP contribution >= 0.6 is 12.2 Å². The van der Waals surface area contributed by atoms with Crippen LogP contribution in [0.2, 0.25) is 0 Å². The third-order valence-electron chi connectivity index (χ3n) is 4.27. The van der Waals surface area contributed by atoms with E-state index in [2.05, 4.69) is 21.4 Å². The third-order valence-corrected chi connectivity index (χ3v) is 4.53. The van der Waals surface area contributed by atoms with E-state index < -0.39 is 0 Å². The zero-order chi connectivity index (χ0) is 20.6. The first-order valence-corrected chi connectivity index (χ1v) is 9.66. The average Bonchev–Trinajstić information content (AvgIpc) is 3.11. The zero-order valence-corrected chi connectivity index (χ0v) is 17.2. The highest BCUT2D eigenvalue weighted by Gasteiger charge is 2.09. The second kappa shape index (κ2) is 9.66. The monoisotopic (exact) mass is 406 g/mol. The first kappa shape index (κ1) is 20.3. The Morgan fingerprint density at radius 2 is 2.10 bits per heavy atom. The molecule has 0 unspecified atom stereocenters. The molecular weight excluding hydrogens is 384 g/mol. The van der Waals surface area contributed by atoms with Crippen molar-refractivity contribution in [3.8, 4) is 23.2 Å². The topological polar surface area (TPSA) is 82.2 Å². The quantitative estimate of drug-likeness (QED) is 0.447. The fraction of sp³-hybridized carbons (Fsp3) is 0.238. The van der Waals surface area contributed by atoms with E-state index in [1.54, 1.807) is 10.9 Å². The summed E-state index contributed by atoms with van der Waals surface area (Å²) in [6, 6.07) is 17.8. The number of nitrogens with zero attached hydrogens (tertiary/aromatic N) is 5. The number of benzene rings is 2. The molecule has 0 atom stereocenters. The van der Waals surface area contributed by atoms with Crippen molar-refractivity contribution >= 4 is 24.1 Å². The molecule has 0 amide bonds. The minimum atomic E-state index is 0.408. The van der Waals surface area contributed by atoms with E-state index in [4.69, 9.17) is 22.2 Å². The van der Waals surface area contributed by atoms with Gasteiger partial charge in [-0.05, 0) is 49.0 Å². The van der Waals surface area contributed by atoms with Crippen LogP contribution in [-0.4, -0.2) is 41.3 Å². The Morgan fingerprint density at radius 1 is 1.31 bits per heavy atom. The van der Waals surface area contributed by atoms with Crippen LogP contribution in [0.5, 0.6) is 5.75 Å². The minimum Gasteiger partial charge on any atom is -0.494 e. The Labute approximate surface area is 174 Å². The summed E-state index contributed by atoms with van der Waals surface area (Å²) in [6.07, 6.45) is 2.23. The molecule has 148 valence electrons. The standard InChI is InChI=1S/C21H22N6OS/c1-3-28-19-7-4-6-17(14-19)20-24-25-21(29)27(20)23-15-16-8-10-18(11-9-16)26(2)13-5-12-22/h4,6-11,14-15H,3,5,13H2,1-2H3,(H,25,29). The maximum absolute atomic E-state index is 8.72. The lowest BCUT2D eigenvalue weighted by atomic mass is 10.2. The summed E-state index contributed by atoms with van der Waals surface area (Å²) in [5.41, 5.74) is 2.83. The molecular formula is C21H22N6OS. The largest absolute Gasteiger partial charge is 0.494 e. The molecule has 29 heavy (non-hydrogen) atoms. The summed E-state index contributed by atoms with van der Waals surface area (Å²) in [6.45, 7) is 3.23. The fourth-order valence-corrected chi connectivity index (χ4v) is 2.94. The van der Waals surface area contributed by atoms with E-state index in [1.165, 1.54) is 0 Å². The van der Waals surface area contributed by atoms with Gasteiger partial charge in [0.25, 0.3) is 0 Å². The molecule has 7 nitrogen and oxygen atoms in total. The molecule has 8 heteroatoms. The summed E-state index contributed by atoms with van der Waals surface area (Å²) in [4.78, 5) is 2.04. The molecule has 1 N–H and O–H groups in total. The van der Waals surface area contributed by atoms with E-state index in [1.807, 2.05) is 67.4 Å². The first-order valence-electron chi connectivity index (χ1n) is 9.25. The zero-order valence-electron chi connectivity index (χ0n) is 16.4. The molecule has 1 heterocycles. The van der Waals surface area contributed by atoms with E-state index in [0.29, 0.717) is 30.2 Å². The van der Waals surface area contributed by atoms with E-state index >= 15 is 0 Å². The molecule has 0 radical (unpaired) electrons. The van der Waals surface area contributed by atoms with Gasteiger partial charge in [0.05, 0.1) is 25.3 Å². The highest BCUT2D eigenvalue weighted by molar-refractivity contribution is 7.71. The number of rotatable bonds is 8. The predicted molar refractivity (Wildman–Crippen MR) is 117 cm³/mol. The number of ether oxygens (including phenoxy) is 1. The molecule has 2 aromatic carbocycles. The molecule has 0 saturated heterocycles. The molecule has 0 saturated carbocycles. The van der Waals surface area contributed by atoms with Gasteiger partial charge >= 0.3 is 0 Å². The minimum absolute atomic E-state index is 0.408. The molecule has 1 aromatic heterocycles. The maximum Gasteiger partial charge on any atom is 0.216 e. The molecule has 3 aromatic rings. The number of hydrogen-bond donors (Lipinski definition) is 1. The van der Waals surface area contributed by atoms with E-state index in [0.717, 1.165) is 22.6 Å². The third kappa shape index (κ3) is 5.09. The van der Waals surface area contributed by atoms with Crippen molar-refractivity contribution in [3.05, 3.63) is 58.9 Å². The van der Waals surface area contributed by atoms with Crippen LogP contribution in [0.3, 0.4) is 0 Å². The van der Waals surface area contributed by atoms with Gasteiger partial charge in [0.2, 0.25) is 4.77 Å². The molecule has 0 aliphatic carbocycles. The van der Waals surface area contributed by atoms with Crippen molar-refractivity contribution in [3.63, 3.8) is 0 Å². The number of aromatic amines is 1. The normalized spacial score (nSPS) is 10.8. The summed E-state index contributed by atoms with van der Waals surface area (Å²) in [5, 5.41) is 20.3. The second-order valence-electron chi connectivity index (χ2n) is 6.29. The molecule has 0 bridgehead atoms. The first-order chi connectivity index (χ1) is 14.1. The SMILES string of the molecule is CCOc1cccc(-c2n[nH]c(=S)n2N=Cc2ccc(N(C)CCC#N)cc2)c1. The fourth-order valence-electron chi connectivity index (χ4n) is 2.76. The molecule has 0 fully saturated rings. The summed E-state index contributed by atoms with van der Waals surface area (Å²) in [5.74, 6) is 1.38. The average molecular weight is 407 g/mol. The lowest BCUT2D eigenvalue weighted by Gasteiger charge is -2.17. The van der Waals surface area contributed by atoms with Crippen LogP contribution in [0.15, 0.2) is 53.6 Å². The Bertz CT molecular complexity index is 1080. The van der Waals surface area contributed by atoms with Crippen molar-refractivity contribution in [2.45, 2.75) is 13.3 Å². The van der Waals surface area contributed by atoms with Gasteiger partial charge in [-0.15, -0.1) is 0 Å². The van der Waals surface area contributed by atoms with Crippen molar-refractivity contribution in [1.82, 2.24) is 14.9 Å². The van der Waals surface area contributed by atoms with Crippen LogP contribution in [-0.2, 0) is 0 Å². The number of nitriles is 1. The van der Waals surface area contributed by atoms with Crippen molar-refractivity contribution < 1.29 is 4.74 Å². The summed E-state index contributed by atoms with van der Waals surface area (Å²) < 4.78 is 7.56. The second-order valence-corrected chi connectivity index (χ2v) is 6.68. The van der Waals surface area contributed by atoms with Crippen LogP contribution < -0.4 is 9.64 Å². The number of anilines is 1. The molecule has 0 aliphatic heterocycles. The van der Waals surface area contributed by atoms with Gasteiger partial charge in [-0.3, -0.25) is 0 Å². The van der Waals surface area contributed by atoms with Gasteiger partial charge in [-0.2, -0.15) is 20.1 Å². The maximum atomic E-state index is 8.72. The lowest BCUT2D eigenvalue weighted by molar-refractivity contribution is 0.340. The lowest BCUT2D eigenvalue weighted by Crippen LogP contribution is -2.17. The summed E-state index contributed by atoms with van der Waals surface area (Å²) in [7, 11) is 1.97. The molecule has 3 rings (SSSR count).